The molecule has 7 heteroatoms. The van der Waals surface area contributed by atoms with Crippen LogP contribution < -0.4 is 14.2 Å². The van der Waals surface area contributed by atoms with Crippen LogP contribution in [0, 0.1) is 0 Å². The first-order valence-corrected chi connectivity index (χ1v) is 6.92. The van der Waals surface area contributed by atoms with Gasteiger partial charge in [0.15, 0.2) is 11.5 Å². The number of aliphatic hydroxyl groups is 1. The van der Waals surface area contributed by atoms with E-state index in [4.69, 9.17) is 23.7 Å². The average Bonchev–Trinajstić information content (AvgIpc) is 2.99. The van der Waals surface area contributed by atoms with Crippen LogP contribution in [-0.2, 0) is 19.3 Å². The molecule has 0 spiro atoms. The van der Waals surface area contributed by atoms with Crippen molar-refractivity contribution in [2.24, 2.45) is 0 Å². The highest BCUT2D eigenvalue weighted by Gasteiger charge is 2.14. The number of aryl methyl sites for hydroxylation is 2. The summed E-state index contributed by atoms with van der Waals surface area (Å²) in [7, 11) is 4.74. The Hall–Kier alpha value is -2.28. The maximum absolute atomic E-state index is 8.83. The summed E-state index contributed by atoms with van der Waals surface area (Å²) in [4.78, 5) is 0. The second-order valence-electron chi connectivity index (χ2n) is 4.60. The number of hydrogen-bond acceptors (Lipinski definition) is 7. The van der Waals surface area contributed by atoms with E-state index in [1.807, 2.05) is 12.1 Å². The standard InChI is InChI=1S/C15H20N2O5/c1-19-11-8-10(9-12(20-2)15(11)21-3)4-5-13-16-17-14(22-13)6-7-18/h8-9,18H,4-7H2,1-3H3. The smallest absolute Gasteiger partial charge is 0.218 e. The molecule has 0 aliphatic rings. The largest absolute Gasteiger partial charge is 0.493 e. The van der Waals surface area contributed by atoms with Gasteiger partial charge in [0, 0.05) is 12.8 Å². The topological polar surface area (TPSA) is 86.8 Å². The molecule has 1 aromatic carbocycles. The van der Waals surface area contributed by atoms with Crippen LogP contribution in [0.4, 0.5) is 0 Å². The lowest BCUT2D eigenvalue weighted by molar-refractivity contribution is 0.283. The zero-order valence-corrected chi connectivity index (χ0v) is 13.0. The number of benzene rings is 1. The summed E-state index contributed by atoms with van der Waals surface area (Å²) in [5.41, 5.74) is 1.01. The summed E-state index contributed by atoms with van der Waals surface area (Å²) >= 11 is 0. The molecule has 120 valence electrons. The molecule has 7 nitrogen and oxygen atoms in total. The molecule has 0 radical (unpaired) electrons. The molecule has 0 amide bonds. The minimum atomic E-state index is -0.00545. The van der Waals surface area contributed by atoms with Crippen LogP contribution >= 0.6 is 0 Å². The summed E-state index contributed by atoms with van der Waals surface area (Å²) in [6.07, 6.45) is 1.66. The molecule has 0 saturated heterocycles. The third-order valence-corrected chi connectivity index (χ3v) is 3.19. The monoisotopic (exact) mass is 308 g/mol. The van der Waals surface area contributed by atoms with Gasteiger partial charge in [0.05, 0.1) is 27.9 Å². The van der Waals surface area contributed by atoms with Crippen LogP contribution in [0.25, 0.3) is 0 Å². The second-order valence-corrected chi connectivity index (χ2v) is 4.60. The number of ether oxygens (including phenoxy) is 3. The molecule has 2 rings (SSSR count). The summed E-state index contributed by atoms with van der Waals surface area (Å²) in [6.45, 7) is -0.00545. The second kappa shape index (κ2) is 7.65. The molecule has 0 aliphatic heterocycles. The van der Waals surface area contributed by atoms with E-state index in [1.165, 1.54) is 0 Å². The summed E-state index contributed by atoms with van der Waals surface area (Å²) < 4.78 is 21.4. The summed E-state index contributed by atoms with van der Waals surface area (Å²) in [5, 5.41) is 16.7. The molecule has 0 fully saturated rings. The Morgan fingerprint density at radius 3 is 2.00 bits per heavy atom. The maximum Gasteiger partial charge on any atom is 0.218 e. The number of methoxy groups -OCH3 is 3. The first-order valence-electron chi connectivity index (χ1n) is 6.92. The van der Waals surface area contributed by atoms with Crippen LogP contribution in [-0.4, -0.2) is 43.2 Å². The Kier molecular flexibility index (Phi) is 5.60. The van der Waals surface area contributed by atoms with E-state index in [2.05, 4.69) is 10.2 Å². The number of hydrogen-bond donors (Lipinski definition) is 1. The highest BCUT2D eigenvalue weighted by atomic mass is 16.5. The highest BCUT2D eigenvalue weighted by molar-refractivity contribution is 5.53. The van der Waals surface area contributed by atoms with E-state index in [9.17, 15) is 0 Å². The Bertz CT molecular complexity index is 587. The summed E-state index contributed by atoms with van der Waals surface area (Å²) in [5.74, 6) is 2.78. The van der Waals surface area contributed by atoms with E-state index in [0.717, 1.165) is 5.56 Å². The molecular weight excluding hydrogens is 288 g/mol. The van der Waals surface area contributed by atoms with Crippen LogP contribution in [0.5, 0.6) is 17.2 Å². The van der Waals surface area contributed by atoms with Crippen molar-refractivity contribution in [3.8, 4) is 17.2 Å². The van der Waals surface area contributed by atoms with Gasteiger partial charge in [0.25, 0.3) is 0 Å². The Morgan fingerprint density at radius 2 is 1.50 bits per heavy atom. The molecule has 0 atom stereocenters. The van der Waals surface area contributed by atoms with Gasteiger partial charge in [-0.1, -0.05) is 0 Å². The maximum atomic E-state index is 8.83. The van der Waals surface area contributed by atoms with Gasteiger partial charge in [-0.05, 0) is 24.1 Å². The van der Waals surface area contributed by atoms with Crippen molar-refractivity contribution in [2.75, 3.05) is 27.9 Å². The molecule has 0 aliphatic carbocycles. The lowest BCUT2D eigenvalue weighted by Crippen LogP contribution is -1.98. The zero-order chi connectivity index (χ0) is 15.9. The fourth-order valence-corrected chi connectivity index (χ4v) is 2.12. The van der Waals surface area contributed by atoms with Gasteiger partial charge in [0.2, 0.25) is 17.5 Å². The van der Waals surface area contributed by atoms with Crippen LogP contribution in [0.1, 0.15) is 17.3 Å². The lowest BCUT2D eigenvalue weighted by atomic mass is 10.1. The van der Waals surface area contributed by atoms with Gasteiger partial charge in [-0.2, -0.15) is 0 Å². The van der Waals surface area contributed by atoms with Crippen LogP contribution in [0.3, 0.4) is 0 Å². The van der Waals surface area contributed by atoms with Crippen molar-refractivity contribution in [3.63, 3.8) is 0 Å². The molecule has 0 bridgehead atoms. The third kappa shape index (κ3) is 3.67. The van der Waals surface area contributed by atoms with Crippen molar-refractivity contribution in [1.29, 1.82) is 0 Å². The number of aliphatic hydroxyl groups excluding tert-OH is 1. The molecule has 22 heavy (non-hydrogen) atoms. The minimum Gasteiger partial charge on any atom is -0.493 e. The number of nitrogens with zero attached hydrogens (tertiary/aromatic N) is 2. The van der Waals surface area contributed by atoms with Crippen molar-refractivity contribution < 1.29 is 23.7 Å². The van der Waals surface area contributed by atoms with Gasteiger partial charge in [-0.15, -0.1) is 10.2 Å². The van der Waals surface area contributed by atoms with Crippen molar-refractivity contribution in [3.05, 3.63) is 29.5 Å². The Balaban J connectivity index is 2.11. The molecular formula is C15H20N2O5. The van der Waals surface area contributed by atoms with Crippen LogP contribution in [0.15, 0.2) is 16.5 Å². The van der Waals surface area contributed by atoms with E-state index >= 15 is 0 Å². The first kappa shape index (κ1) is 16.1. The Morgan fingerprint density at radius 1 is 0.909 bits per heavy atom. The van der Waals surface area contributed by atoms with Gasteiger partial charge < -0.3 is 23.7 Å². The Labute approximate surface area is 128 Å². The van der Waals surface area contributed by atoms with Crippen molar-refractivity contribution in [1.82, 2.24) is 10.2 Å². The normalized spacial score (nSPS) is 10.5. The molecule has 1 heterocycles. The first-order chi connectivity index (χ1) is 10.7. The van der Waals surface area contributed by atoms with Gasteiger partial charge in [-0.25, -0.2) is 0 Å². The highest BCUT2D eigenvalue weighted by Crippen LogP contribution is 2.38. The average molecular weight is 308 g/mol. The van der Waals surface area contributed by atoms with Gasteiger partial charge in [0.1, 0.15) is 0 Å². The van der Waals surface area contributed by atoms with E-state index in [1.54, 1.807) is 21.3 Å². The molecule has 1 N–H and O–H groups in total. The minimum absolute atomic E-state index is 0.00545. The fourth-order valence-electron chi connectivity index (χ4n) is 2.12. The van der Waals surface area contributed by atoms with Gasteiger partial charge >= 0.3 is 0 Å². The SMILES string of the molecule is COc1cc(CCc2nnc(CCO)o2)cc(OC)c1OC. The summed E-state index contributed by atoms with van der Waals surface area (Å²) in [6, 6.07) is 3.79. The molecule has 1 aromatic heterocycles. The zero-order valence-electron chi connectivity index (χ0n) is 13.0. The van der Waals surface area contributed by atoms with E-state index in [0.29, 0.717) is 48.3 Å². The van der Waals surface area contributed by atoms with Crippen LogP contribution in [0.2, 0.25) is 0 Å². The van der Waals surface area contributed by atoms with Crippen molar-refractivity contribution >= 4 is 0 Å². The quantitative estimate of drug-likeness (QED) is 0.789. The number of aromatic nitrogens is 2. The van der Waals surface area contributed by atoms with Gasteiger partial charge in [-0.3, -0.25) is 0 Å². The van der Waals surface area contributed by atoms with E-state index in [-0.39, 0.29) is 6.61 Å². The molecule has 0 saturated carbocycles. The van der Waals surface area contributed by atoms with E-state index < -0.39 is 0 Å². The molecule has 2 aromatic rings. The fraction of sp³-hybridized carbons (Fsp3) is 0.467. The third-order valence-electron chi connectivity index (χ3n) is 3.19. The van der Waals surface area contributed by atoms with Crippen molar-refractivity contribution in [2.45, 2.75) is 19.3 Å². The predicted octanol–water partition coefficient (Wildman–Crippen LogP) is 1.42. The predicted molar refractivity (Wildman–Crippen MR) is 78.6 cm³/mol. The number of rotatable bonds is 8. The lowest BCUT2D eigenvalue weighted by Gasteiger charge is -2.13. The molecule has 0 unspecified atom stereocenters.